The summed E-state index contributed by atoms with van der Waals surface area (Å²) >= 11 is 0. The van der Waals surface area contributed by atoms with Gasteiger partial charge in [-0.1, -0.05) is 25.0 Å². The molecule has 4 nitrogen and oxygen atoms in total. The SMILES string of the molecule is CCC1=C(CC)CC(C(=O)OC)(C(=O)OC)C1. The molecule has 0 aromatic carbocycles. The molecule has 0 bridgehead atoms. The number of methoxy groups -OCH3 is 2. The maximum absolute atomic E-state index is 11.9. The minimum atomic E-state index is -1.14. The Morgan fingerprint density at radius 2 is 1.35 bits per heavy atom. The molecule has 0 aromatic heterocycles. The number of ether oxygens (including phenoxy) is 2. The fourth-order valence-electron chi connectivity index (χ4n) is 2.55. The van der Waals surface area contributed by atoms with E-state index < -0.39 is 17.4 Å². The summed E-state index contributed by atoms with van der Waals surface area (Å²) < 4.78 is 9.56. The molecule has 0 aromatic rings. The van der Waals surface area contributed by atoms with E-state index in [4.69, 9.17) is 9.47 Å². The quantitative estimate of drug-likeness (QED) is 0.429. The topological polar surface area (TPSA) is 52.6 Å². The maximum atomic E-state index is 11.9. The Bertz CT molecular complexity index is 320. The molecule has 0 saturated carbocycles. The molecule has 0 saturated heterocycles. The van der Waals surface area contributed by atoms with Gasteiger partial charge in [-0.05, 0) is 25.7 Å². The summed E-state index contributed by atoms with van der Waals surface area (Å²) in [6.07, 6.45) is 2.59. The second-order valence-electron chi connectivity index (χ2n) is 4.33. The van der Waals surface area contributed by atoms with Crippen molar-refractivity contribution in [1.82, 2.24) is 0 Å². The van der Waals surface area contributed by atoms with Crippen molar-refractivity contribution in [2.45, 2.75) is 39.5 Å². The summed E-state index contributed by atoms with van der Waals surface area (Å²) in [6, 6.07) is 0. The minimum Gasteiger partial charge on any atom is -0.468 e. The third-order valence-corrected chi connectivity index (χ3v) is 3.54. The molecule has 0 radical (unpaired) electrons. The lowest BCUT2D eigenvalue weighted by molar-refractivity contribution is -0.168. The standard InChI is InChI=1S/C13H20O4/c1-5-9-7-13(11(14)16-3,12(15)17-4)8-10(9)6-2/h5-8H2,1-4H3. The molecule has 0 fully saturated rings. The van der Waals surface area contributed by atoms with Crippen LogP contribution in [0, 0.1) is 5.41 Å². The third kappa shape index (κ3) is 2.21. The van der Waals surface area contributed by atoms with Crippen LogP contribution in [0.5, 0.6) is 0 Å². The molecule has 0 unspecified atom stereocenters. The van der Waals surface area contributed by atoms with Gasteiger partial charge in [0.15, 0.2) is 5.41 Å². The molecule has 1 aliphatic rings. The van der Waals surface area contributed by atoms with Crippen LogP contribution >= 0.6 is 0 Å². The molecule has 0 spiro atoms. The lowest BCUT2D eigenvalue weighted by atomic mass is 9.83. The van der Waals surface area contributed by atoms with Crippen LogP contribution in [0.25, 0.3) is 0 Å². The molecule has 0 heterocycles. The van der Waals surface area contributed by atoms with Gasteiger partial charge in [0.2, 0.25) is 0 Å². The molecule has 17 heavy (non-hydrogen) atoms. The normalized spacial score (nSPS) is 18.1. The first-order chi connectivity index (χ1) is 8.05. The predicted molar refractivity (Wildman–Crippen MR) is 63.3 cm³/mol. The van der Waals surface area contributed by atoms with E-state index >= 15 is 0 Å². The van der Waals surface area contributed by atoms with Gasteiger partial charge in [-0.3, -0.25) is 9.59 Å². The van der Waals surface area contributed by atoms with E-state index in [1.165, 1.54) is 25.4 Å². The third-order valence-electron chi connectivity index (χ3n) is 3.54. The number of rotatable bonds is 4. The molecule has 1 aliphatic carbocycles. The average molecular weight is 240 g/mol. The summed E-state index contributed by atoms with van der Waals surface area (Å²) in [5, 5.41) is 0. The van der Waals surface area contributed by atoms with Gasteiger partial charge in [0, 0.05) is 0 Å². The highest BCUT2D eigenvalue weighted by Gasteiger charge is 2.52. The minimum absolute atomic E-state index is 0.437. The smallest absolute Gasteiger partial charge is 0.323 e. The van der Waals surface area contributed by atoms with Crippen molar-refractivity contribution >= 4 is 11.9 Å². The Kier molecular flexibility index (Phi) is 4.32. The van der Waals surface area contributed by atoms with Crippen molar-refractivity contribution in [2.24, 2.45) is 5.41 Å². The van der Waals surface area contributed by atoms with Gasteiger partial charge >= 0.3 is 11.9 Å². The Balaban J connectivity index is 3.08. The number of carbonyl (C=O) groups excluding carboxylic acids is 2. The van der Waals surface area contributed by atoms with Crippen molar-refractivity contribution < 1.29 is 19.1 Å². The molecule has 0 aliphatic heterocycles. The van der Waals surface area contributed by atoms with Crippen LogP contribution in [0.15, 0.2) is 11.1 Å². The highest BCUT2D eigenvalue weighted by Crippen LogP contribution is 2.46. The van der Waals surface area contributed by atoms with Gasteiger partial charge in [0.25, 0.3) is 0 Å². The number of allylic oxidation sites excluding steroid dienone is 2. The Hall–Kier alpha value is -1.32. The van der Waals surface area contributed by atoms with Crippen LogP contribution in [0.4, 0.5) is 0 Å². The van der Waals surface area contributed by atoms with E-state index in [1.807, 2.05) is 13.8 Å². The average Bonchev–Trinajstić information content (AvgIpc) is 2.76. The Morgan fingerprint density at radius 1 is 1.00 bits per heavy atom. The Morgan fingerprint density at radius 3 is 1.59 bits per heavy atom. The van der Waals surface area contributed by atoms with Gasteiger partial charge in [-0.2, -0.15) is 0 Å². The van der Waals surface area contributed by atoms with Crippen molar-refractivity contribution in [3.8, 4) is 0 Å². The first-order valence-electron chi connectivity index (χ1n) is 5.92. The zero-order chi connectivity index (χ0) is 13.1. The predicted octanol–water partition coefficient (Wildman–Crippen LogP) is 2.23. The summed E-state index contributed by atoms with van der Waals surface area (Å²) in [7, 11) is 2.62. The van der Waals surface area contributed by atoms with E-state index in [9.17, 15) is 9.59 Å². The highest BCUT2D eigenvalue weighted by molar-refractivity contribution is 6.01. The fraction of sp³-hybridized carbons (Fsp3) is 0.692. The summed E-state index contributed by atoms with van der Waals surface area (Å²) in [4.78, 5) is 23.8. The van der Waals surface area contributed by atoms with Crippen LogP contribution in [0.3, 0.4) is 0 Å². The maximum Gasteiger partial charge on any atom is 0.323 e. The molecule has 1 rings (SSSR count). The van der Waals surface area contributed by atoms with Crippen molar-refractivity contribution in [3.63, 3.8) is 0 Å². The van der Waals surface area contributed by atoms with Gasteiger partial charge in [-0.15, -0.1) is 0 Å². The number of hydrogen-bond donors (Lipinski definition) is 0. The molecule has 96 valence electrons. The monoisotopic (exact) mass is 240 g/mol. The van der Waals surface area contributed by atoms with Crippen LogP contribution in [0.1, 0.15) is 39.5 Å². The zero-order valence-electron chi connectivity index (χ0n) is 11.0. The van der Waals surface area contributed by atoms with Crippen LogP contribution in [-0.2, 0) is 19.1 Å². The largest absolute Gasteiger partial charge is 0.468 e. The number of hydrogen-bond acceptors (Lipinski definition) is 4. The molecule has 0 N–H and O–H groups in total. The van der Waals surface area contributed by atoms with E-state index in [0.29, 0.717) is 12.8 Å². The molecule has 4 heteroatoms. The first-order valence-corrected chi connectivity index (χ1v) is 5.92. The summed E-state index contributed by atoms with van der Waals surface area (Å²) in [6.45, 7) is 4.07. The fourth-order valence-corrected chi connectivity index (χ4v) is 2.55. The summed E-state index contributed by atoms with van der Waals surface area (Å²) in [5.74, 6) is -0.975. The molecular weight excluding hydrogens is 220 g/mol. The zero-order valence-corrected chi connectivity index (χ0v) is 11.0. The van der Waals surface area contributed by atoms with Gasteiger partial charge < -0.3 is 9.47 Å². The van der Waals surface area contributed by atoms with Gasteiger partial charge in [0.05, 0.1) is 14.2 Å². The van der Waals surface area contributed by atoms with Crippen LogP contribution in [0.2, 0.25) is 0 Å². The lowest BCUT2D eigenvalue weighted by Crippen LogP contribution is -2.39. The first kappa shape index (κ1) is 13.7. The van der Waals surface area contributed by atoms with Crippen LogP contribution < -0.4 is 0 Å². The number of esters is 2. The Labute approximate surface area is 102 Å². The van der Waals surface area contributed by atoms with E-state index in [2.05, 4.69) is 0 Å². The second-order valence-corrected chi connectivity index (χ2v) is 4.33. The number of carbonyl (C=O) groups is 2. The van der Waals surface area contributed by atoms with E-state index in [0.717, 1.165) is 12.8 Å². The van der Waals surface area contributed by atoms with E-state index in [-0.39, 0.29) is 0 Å². The molecule has 0 atom stereocenters. The van der Waals surface area contributed by atoms with Crippen LogP contribution in [-0.4, -0.2) is 26.2 Å². The second kappa shape index (κ2) is 5.34. The summed E-state index contributed by atoms with van der Waals surface area (Å²) in [5.41, 5.74) is 1.23. The molecular formula is C13H20O4. The highest BCUT2D eigenvalue weighted by atomic mass is 16.5. The molecule has 0 amide bonds. The van der Waals surface area contributed by atoms with E-state index in [1.54, 1.807) is 0 Å². The van der Waals surface area contributed by atoms with Crippen molar-refractivity contribution in [3.05, 3.63) is 11.1 Å². The van der Waals surface area contributed by atoms with Crippen molar-refractivity contribution in [1.29, 1.82) is 0 Å². The van der Waals surface area contributed by atoms with Gasteiger partial charge in [-0.25, -0.2) is 0 Å². The lowest BCUT2D eigenvalue weighted by Gasteiger charge is -2.23. The van der Waals surface area contributed by atoms with Crippen molar-refractivity contribution in [2.75, 3.05) is 14.2 Å². The van der Waals surface area contributed by atoms with Gasteiger partial charge in [0.1, 0.15) is 0 Å².